The van der Waals surface area contributed by atoms with Crippen LogP contribution in [0.25, 0.3) is 0 Å². The van der Waals surface area contributed by atoms with Crippen molar-refractivity contribution in [3.05, 3.63) is 59.8 Å². The maximum Gasteiger partial charge on any atom is 0.255 e. The highest BCUT2D eigenvalue weighted by Gasteiger charge is 2.37. The smallest absolute Gasteiger partial charge is 0.255 e. The maximum absolute atomic E-state index is 12.9. The summed E-state index contributed by atoms with van der Waals surface area (Å²) >= 11 is 1.89. The van der Waals surface area contributed by atoms with E-state index in [0.29, 0.717) is 37.4 Å². The predicted octanol–water partition coefficient (Wildman–Crippen LogP) is 3.66. The summed E-state index contributed by atoms with van der Waals surface area (Å²) in [5.41, 5.74) is 1.10. The Kier molecular flexibility index (Phi) is 5.54. The molecule has 1 amide bonds. The number of piperidine rings is 1. The Labute approximate surface area is 169 Å². The van der Waals surface area contributed by atoms with Crippen molar-refractivity contribution in [3.8, 4) is 11.9 Å². The highest BCUT2D eigenvalue weighted by Crippen LogP contribution is 2.35. The van der Waals surface area contributed by atoms with Crippen molar-refractivity contribution >= 4 is 17.7 Å². The Balaban J connectivity index is 1.39. The topological polar surface area (TPSA) is 66.2 Å². The fourth-order valence-electron chi connectivity index (χ4n) is 3.85. The van der Waals surface area contributed by atoms with E-state index in [9.17, 15) is 10.1 Å². The molecule has 0 radical (unpaired) electrons. The lowest BCUT2D eigenvalue weighted by atomic mass is 9.74. The van der Waals surface area contributed by atoms with E-state index in [1.807, 2.05) is 47.0 Å². The number of carbonyl (C=O) groups excluding carboxylic acids is 1. The Bertz CT molecular complexity index is 850. The van der Waals surface area contributed by atoms with E-state index in [1.165, 1.54) is 0 Å². The molecule has 1 atom stereocenters. The fraction of sp³-hybridized carbons (Fsp3) is 0.409. The van der Waals surface area contributed by atoms with Crippen LogP contribution in [0.5, 0.6) is 5.88 Å². The van der Waals surface area contributed by atoms with Gasteiger partial charge in [0.1, 0.15) is 6.10 Å². The normalized spacial score (nSPS) is 21.1. The number of amides is 1. The van der Waals surface area contributed by atoms with Gasteiger partial charge >= 0.3 is 0 Å². The average molecular weight is 394 g/mol. The summed E-state index contributed by atoms with van der Waals surface area (Å²) in [6.07, 6.45) is 4.16. The van der Waals surface area contributed by atoms with E-state index in [0.717, 1.165) is 23.5 Å². The molecule has 0 N–H and O–H groups in total. The first-order valence-electron chi connectivity index (χ1n) is 9.67. The van der Waals surface area contributed by atoms with Crippen molar-refractivity contribution in [1.29, 1.82) is 5.26 Å². The maximum atomic E-state index is 12.9. The molecule has 144 valence electrons. The van der Waals surface area contributed by atoms with Crippen LogP contribution in [0.3, 0.4) is 0 Å². The van der Waals surface area contributed by atoms with Gasteiger partial charge in [-0.3, -0.25) is 4.79 Å². The lowest BCUT2D eigenvalue weighted by Crippen LogP contribution is -2.44. The number of hydrogen-bond donors (Lipinski definition) is 0. The summed E-state index contributed by atoms with van der Waals surface area (Å²) in [7, 11) is 0. The highest BCUT2D eigenvalue weighted by atomic mass is 32.2. The largest absolute Gasteiger partial charge is 0.473 e. The van der Waals surface area contributed by atoms with Crippen LogP contribution in [0.1, 0.15) is 35.2 Å². The van der Waals surface area contributed by atoms with Crippen LogP contribution in [-0.4, -0.2) is 46.5 Å². The fourth-order valence-corrected chi connectivity index (χ4v) is 4.94. The summed E-state index contributed by atoms with van der Waals surface area (Å²) in [6.45, 7) is 1.14. The number of nitrogens with zero attached hydrogens (tertiary/aromatic N) is 3. The number of thioether (sulfide) groups is 1. The van der Waals surface area contributed by atoms with Gasteiger partial charge in [0.25, 0.3) is 5.91 Å². The van der Waals surface area contributed by atoms with Crippen LogP contribution >= 0.6 is 11.8 Å². The zero-order chi connectivity index (χ0) is 19.4. The number of rotatable bonds is 4. The highest BCUT2D eigenvalue weighted by molar-refractivity contribution is 7.99. The number of carbonyl (C=O) groups is 1. The molecule has 28 heavy (non-hydrogen) atoms. The molecule has 5 nitrogen and oxygen atoms in total. The van der Waals surface area contributed by atoms with Crippen LogP contribution in [0.4, 0.5) is 0 Å². The lowest BCUT2D eigenvalue weighted by molar-refractivity contribution is 0.0691. The van der Waals surface area contributed by atoms with E-state index < -0.39 is 5.41 Å². The molecule has 0 unspecified atom stereocenters. The van der Waals surface area contributed by atoms with Crippen LogP contribution in [-0.2, 0) is 5.41 Å². The Morgan fingerprint density at radius 2 is 2.00 bits per heavy atom. The van der Waals surface area contributed by atoms with Crippen LogP contribution in [0.2, 0.25) is 0 Å². The first-order chi connectivity index (χ1) is 13.7. The second kappa shape index (κ2) is 8.24. The SMILES string of the molecule is N#CC1(c2ccccc2)CCN(C(=O)c2ccc(O[C@@H]3CCSC3)nc2)CC1. The lowest BCUT2D eigenvalue weighted by Gasteiger charge is -2.37. The second-order valence-electron chi connectivity index (χ2n) is 7.34. The van der Waals surface area contributed by atoms with E-state index >= 15 is 0 Å². The van der Waals surface area contributed by atoms with Gasteiger partial charge < -0.3 is 9.64 Å². The number of aromatic nitrogens is 1. The Hall–Kier alpha value is -2.52. The van der Waals surface area contributed by atoms with Crippen molar-refractivity contribution in [2.45, 2.75) is 30.8 Å². The van der Waals surface area contributed by atoms with Crippen molar-refractivity contribution in [1.82, 2.24) is 9.88 Å². The van der Waals surface area contributed by atoms with Gasteiger partial charge in [-0.25, -0.2) is 4.98 Å². The number of hydrogen-bond acceptors (Lipinski definition) is 5. The molecular formula is C22H23N3O2S. The van der Waals surface area contributed by atoms with Crippen LogP contribution in [0.15, 0.2) is 48.7 Å². The molecule has 6 heteroatoms. The van der Waals surface area contributed by atoms with Gasteiger partial charge in [0.05, 0.1) is 17.0 Å². The van der Waals surface area contributed by atoms with Gasteiger partial charge in [-0.2, -0.15) is 17.0 Å². The van der Waals surface area contributed by atoms with Crippen molar-refractivity contribution in [2.24, 2.45) is 0 Å². The molecule has 4 rings (SSSR count). The first kappa shape index (κ1) is 18.8. The third-order valence-corrected chi connectivity index (χ3v) is 6.74. The number of ether oxygens (including phenoxy) is 1. The minimum atomic E-state index is -0.507. The van der Waals surface area contributed by atoms with Crippen LogP contribution in [0, 0.1) is 11.3 Å². The van der Waals surface area contributed by atoms with Crippen molar-refractivity contribution < 1.29 is 9.53 Å². The number of benzene rings is 1. The Morgan fingerprint density at radius 3 is 2.61 bits per heavy atom. The van der Waals surface area contributed by atoms with Gasteiger partial charge in [0.2, 0.25) is 5.88 Å². The standard InChI is InChI=1S/C22H23N3O2S/c23-16-22(18-4-2-1-3-5-18)9-11-25(12-10-22)21(26)17-6-7-20(24-14-17)27-19-8-13-28-15-19/h1-7,14,19H,8-13,15H2/t19-/m1/s1. The van der Waals surface area contributed by atoms with E-state index in [1.54, 1.807) is 18.3 Å². The third-order valence-electron chi connectivity index (χ3n) is 5.60. The summed E-state index contributed by atoms with van der Waals surface area (Å²) in [5.74, 6) is 2.67. The van der Waals surface area contributed by atoms with Gasteiger partial charge in [0, 0.05) is 31.1 Å². The van der Waals surface area contributed by atoms with Crippen molar-refractivity contribution in [2.75, 3.05) is 24.6 Å². The minimum Gasteiger partial charge on any atom is -0.473 e. The monoisotopic (exact) mass is 393 g/mol. The van der Waals surface area contributed by atoms with E-state index in [4.69, 9.17) is 4.74 Å². The molecule has 0 spiro atoms. The van der Waals surface area contributed by atoms with Gasteiger partial charge in [0.15, 0.2) is 0 Å². The van der Waals surface area contributed by atoms with Crippen molar-refractivity contribution in [3.63, 3.8) is 0 Å². The minimum absolute atomic E-state index is 0.0323. The molecule has 0 aliphatic carbocycles. The summed E-state index contributed by atoms with van der Waals surface area (Å²) in [6, 6.07) is 16.0. The summed E-state index contributed by atoms with van der Waals surface area (Å²) in [5, 5.41) is 9.81. The van der Waals surface area contributed by atoms with Crippen LogP contribution < -0.4 is 4.74 Å². The molecule has 0 bridgehead atoms. The van der Waals surface area contributed by atoms with E-state index in [-0.39, 0.29) is 12.0 Å². The molecular weight excluding hydrogens is 370 g/mol. The van der Waals surface area contributed by atoms with E-state index in [2.05, 4.69) is 11.1 Å². The summed E-state index contributed by atoms with van der Waals surface area (Å²) < 4.78 is 5.85. The molecule has 1 aromatic carbocycles. The quantitative estimate of drug-likeness (QED) is 0.793. The Morgan fingerprint density at radius 1 is 1.21 bits per heavy atom. The number of likely N-dealkylation sites (tertiary alicyclic amines) is 1. The first-order valence-corrected chi connectivity index (χ1v) is 10.8. The third kappa shape index (κ3) is 3.85. The zero-order valence-corrected chi connectivity index (χ0v) is 16.5. The van der Waals surface area contributed by atoms with Gasteiger partial charge in [-0.15, -0.1) is 0 Å². The predicted molar refractivity (Wildman–Crippen MR) is 109 cm³/mol. The summed E-state index contributed by atoms with van der Waals surface area (Å²) in [4.78, 5) is 19.0. The second-order valence-corrected chi connectivity index (χ2v) is 8.49. The molecule has 2 saturated heterocycles. The average Bonchev–Trinajstić information content (AvgIpc) is 3.27. The molecule has 2 aliphatic heterocycles. The zero-order valence-electron chi connectivity index (χ0n) is 15.7. The molecule has 3 heterocycles. The molecule has 2 aromatic rings. The molecule has 1 aromatic heterocycles. The number of pyridine rings is 1. The van der Waals surface area contributed by atoms with Gasteiger partial charge in [-0.1, -0.05) is 30.3 Å². The molecule has 0 saturated carbocycles. The molecule has 2 aliphatic rings. The van der Waals surface area contributed by atoms with Gasteiger partial charge in [-0.05, 0) is 36.6 Å². The number of nitriles is 1. The molecule has 2 fully saturated rings.